The van der Waals surface area contributed by atoms with E-state index in [1.54, 1.807) is 27.7 Å². The molecule has 1 aromatic carbocycles. The zero-order valence-corrected chi connectivity index (χ0v) is 18.4. The number of benzene rings is 1. The first-order chi connectivity index (χ1) is 11.0. The second-order valence-corrected chi connectivity index (χ2v) is 8.44. The minimum atomic E-state index is -0.544. The van der Waals surface area contributed by atoms with Crippen LogP contribution in [0.3, 0.4) is 0 Å². The largest absolute Gasteiger partial charge is 0.480 e. The predicted octanol–water partition coefficient (Wildman–Crippen LogP) is 4.87. The van der Waals surface area contributed by atoms with Crippen LogP contribution in [0.2, 0.25) is 0 Å². The van der Waals surface area contributed by atoms with Crippen LogP contribution in [0, 0.1) is 7.14 Å². The Bertz CT molecular complexity index is 624. The van der Waals surface area contributed by atoms with Gasteiger partial charge in [0.2, 0.25) is 0 Å². The maximum atomic E-state index is 11.7. The predicted molar refractivity (Wildman–Crippen MR) is 115 cm³/mol. The van der Waals surface area contributed by atoms with E-state index >= 15 is 0 Å². The van der Waals surface area contributed by atoms with Gasteiger partial charge in [0.1, 0.15) is 18.0 Å². The molecular weight excluding hydrogens is 550 g/mol. The van der Waals surface area contributed by atoms with Crippen LogP contribution in [-0.4, -0.2) is 24.1 Å². The van der Waals surface area contributed by atoms with Gasteiger partial charge < -0.3 is 14.2 Å². The summed E-state index contributed by atoms with van der Waals surface area (Å²) >= 11 is 4.23. The first kappa shape index (κ1) is 24.2. The van der Waals surface area contributed by atoms with Crippen molar-refractivity contribution >= 4 is 57.1 Å². The van der Waals surface area contributed by atoms with Crippen molar-refractivity contribution in [2.75, 3.05) is 6.61 Å². The molecule has 0 aliphatic carbocycles. The van der Waals surface area contributed by atoms with Gasteiger partial charge >= 0.3 is 11.9 Å². The molecule has 0 amide bonds. The van der Waals surface area contributed by atoms with E-state index in [2.05, 4.69) is 51.8 Å². The molecule has 0 bridgehead atoms. The second-order valence-electron chi connectivity index (χ2n) is 6.12. The fraction of sp³-hybridized carbons (Fsp3) is 0.444. The van der Waals surface area contributed by atoms with Crippen molar-refractivity contribution in [1.82, 2.24) is 0 Å². The SMILES string of the molecule is C.C=C(C)C(=O)OCc1cc(I)c(OCC(=O)OC(C)(C)C)c(I)c1. The molecule has 0 aliphatic heterocycles. The third-order valence-corrected chi connectivity index (χ3v) is 4.13. The van der Waals surface area contributed by atoms with E-state index in [9.17, 15) is 9.59 Å². The molecule has 0 radical (unpaired) electrons. The number of hydrogen-bond acceptors (Lipinski definition) is 5. The number of hydrogen-bond donors (Lipinski definition) is 0. The third kappa shape index (κ3) is 8.89. The maximum Gasteiger partial charge on any atom is 0.344 e. The number of halogens is 2. The van der Waals surface area contributed by atoms with Gasteiger partial charge in [-0.1, -0.05) is 14.0 Å². The van der Waals surface area contributed by atoms with E-state index in [0.29, 0.717) is 11.3 Å². The summed E-state index contributed by atoms with van der Waals surface area (Å²) in [6, 6.07) is 3.69. The van der Waals surface area contributed by atoms with E-state index in [1.807, 2.05) is 12.1 Å². The number of carbonyl (C=O) groups is 2. The maximum absolute atomic E-state index is 11.7. The number of carbonyl (C=O) groups excluding carboxylic acids is 2. The van der Waals surface area contributed by atoms with Crippen LogP contribution in [-0.2, 0) is 25.7 Å². The van der Waals surface area contributed by atoms with Crippen LogP contribution in [0.15, 0.2) is 24.3 Å². The Morgan fingerprint density at radius 1 is 1.16 bits per heavy atom. The Hall–Kier alpha value is -0.840. The molecular formula is C18H24I2O5. The highest BCUT2D eigenvalue weighted by Gasteiger charge is 2.18. The first-order valence-electron chi connectivity index (χ1n) is 7.15. The van der Waals surface area contributed by atoms with Crippen LogP contribution >= 0.6 is 45.2 Å². The highest BCUT2D eigenvalue weighted by Crippen LogP contribution is 2.29. The van der Waals surface area contributed by atoms with Gasteiger partial charge in [-0.3, -0.25) is 0 Å². The van der Waals surface area contributed by atoms with E-state index in [1.165, 1.54) is 0 Å². The van der Waals surface area contributed by atoms with Gasteiger partial charge in [-0.05, 0) is 90.6 Å². The van der Waals surface area contributed by atoms with Gasteiger partial charge in [0.15, 0.2) is 6.61 Å². The van der Waals surface area contributed by atoms with Crippen molar-refractivity contribution in [2.45, 2.75) is 47.3 Å². The lowest BCUT2D eigenvalue weighted by molar-refractivity contribution is -0.157. The van der Waals surface area contributed by atoms with Crippen molar-refractivity contribution in [3.05, 3.63) is 37.0 Å². The summed E-state index contributed by atoms with van der Waals surface area (Å²) in [5.41, 5.74) is 0.650. The molecule has 5 nitrogen and oxygen atoms in total. The Kier molecular flexibility index (Phi) is 10.00. The lowest BCUT2D eigenvalue weighted by Crippen LogP contribution is -2.27. The summed E-state index contributed by atoms with van der Waals surface area (Å²) < 4.78 is 17.6. The lowest BCUT2D eigenvalue weighted by atomic mass is 10.2. The topological polar surface area (TPSA) is 61.8 Å². The van der Waals surface area contributed by atoms with Crippen molar-refractivity contribution in [3.63, 3.8) is 0 Å². The van der Waals surface area contributed by atoms with Gasteiger partial charge in [-0.2, -0.15) is 0 Å². The Morgan fingerprint density at radius 3 is 2.12 bits per heavy atom. The smallest absolute Gasteiger partial charge is 0.344 e. The van der Waals surface area contributed by atoms with Crippen molar-refractivity contribution in [1.29, 1.82) is 0 Å². The highest BCUT2D eigenvalue weighted by atomic mass is 127. The lowest BCUT2D eigenvalue weighted by Gasteiger charge is -2.20. The van der Waals surface area contributed by atoms with Crippen LogP contribution in [0.4, 0.5) is 0 Å². The quantitative estimate of drug-likeness (QED) is 0.276. The summed E-state index contributed by atoms with van der Waals surface area (Å²) in [5, 5.41) is 0. The Morgan fingerprint density at radius 2 is 1.68 bits per heavy atom. The Balaban J connectivity index is 0.00000576. The summed E-state index contributed by atoms with van der Waals surface area (Å²) in [7, 11) is 0. The molecule has 0 spiro atoms. The molecule has 0 heterocycles. The van der Waals surface area contributed by atoms with Gasteiger partial charge in [-0.25, -0.2) is 9.59 Å². The van der Waals surface area contributed by atoms with Crippen molar-refractivity contribution < 1.29 is 23.8 Å². The molecule has 0 unspecified atom stereocenters. The monoisotopic (exact) mass is 574 g/mol. The fourth-order valence-electron chi connectivity index (χ4n) is 1.61. The highest BCUT2D eigenvalue weighted by molar-refractivity contribution is 14.1. The fourth-order valence-corrected chi connectivity index (χ4v) is 3.82. The first-order valence-corrected chi connectivity index (χ1v) is 9.30. The molecule has 1 aromatic rings. The minimum absolute atomic E-state index is 0. The van der Waals surface area contributed by atoms with Gasteiger partial charge in [0.05, 0.1) is 7.14 Å². The summed E-state index contributed by atoms with van der Waals surface area (Å²) in [4.78, 5) is 23.2. The molecule has 0 aromatic heterocycles. The molecule has 0 atom stereocenters. The zero-order chi connectivity index (χ0) is 18.5. The van der Waals surface area contributed by atoms with E-state index in [4.69, 9.17) is 14.2 Å². The van der Waals surface area contributed by atoms with E-state index in [-0.39, 0.29) is 20.6 Å². The van der Waals surface area contributed by atoms with Gasteiger partial charge in [-0.15, -0.1) is 0 Å². The van der Waals surface area contributed by atoms with Gasteiger partial charge in [0, 0.05) is 5.57 Å². The summed E-state index contributed by atoms with van der Waals surface area (Å²) in [5.74, 6) is -0.240. The number of ether oxygens (including phenoxy) is 3. The van der Waals surface area contributed by atoms with Crippen molar-refractivity contribution in [3.8, 4) is 5.75 Å². The van der Waals surface area contributed by atoms with Crippen LogP contribution < -0.4 is 4.74 Å². The standard InChI is InChI=1S/C17H20I2O5.CH4/c1-10(2)16(21)23-8-11-6-12(18)15(13(19)7-11)22-9-14(20)24-17(3,4)5;/h6-7H,1,8-9H2,2-5H3;1H4. The molecule has 0 fully saturated rings. The molecule has 0 aliphatic rings. The molecule has 0 N–H and O–H groups in total. The molecule has 0 saturated carbocycles. The molecule has 1 rings (SSSR count). The number of esters is 2. The molecule has 7 heteroatoms. The van der Waals surface area contributed by atoms with Crippen LogP contribution in [0.1, 0.15) is 40.7 Å². The summed E-state index contributed by atoms with van der Waals surface area (Å²) in [6.07, 6.45) is 0. The van der Waals surface area contributed by atoms with Crippen LogP contribution in [0.25, 0.3) is 0 Å². The minimum Gasteiger partial charge on any atom is -0.480 e. The zero-order valence-electron chi connectivity index (χ0n) is 14.1. The summed E-state index contributed by atoms with van der Waals surface area (Å²) in [6.45, 7) is 10.6. The third-order valence-electron chi connectivity index (χ3n) is 2.53. The normalized spacial score (nSPS) is 10.5. The molecule has 140 valence electrons. The Labute approximate surface area is 176 Å². The van der Waals surface area contributed by atoms with Gasteiger partial charge in [0.25, 0.3) is 0 Å². The molecule has 25 heavy (non-hydrogen) atoms. The molecule has 0 saturated heterocycles. The van der Waals surface area contributed by atoms with Crippen molar-refractivity contribution in [2.24, 2.45) is 0 Å². The van der Waals surface area contributed by atoms with Crippen LogP contribution in [0.5, 0.6) is 5.75 Å². The average molecular weight is 574 g/mol. The second kappa shape index (κ2) is 10.3. The van der Waals surface area contributed by atoms with E-state index < -0.39 is 17.5 Å². The average Bonchev–Trinajstić information content (AvgIpc) is 2.41. The van der Waals surface area contributed by atoms with E-state index in [0.717, 1.165) is 12.7 Å². The number of rotatable bonds is 6.